The van der Waals surface area contributed by atoms with Crippen LogP contribution in [-0.2, 0) is 42.8 Å². The number of rotatable bonds is 25. The van der Waals surface area contributed by atoms with Gasteiger partial charge in [-0.15, -0.1) is 0 Å². The van der Waals surface area contributed by atoms with Gasteiger partial charge in [-0.2, -0.15) is 0 Å². The number of amides is 2. The zero-order chi connectivity index (χ0) is 23.5. The van der Waals surface area contributed by atoms with Crippen LogP contribution in [0.25, 0.3) is 0 Å². The Kier molecular flexibility index (Phi) is 24.3. The molecule has 0 aliphatic carbocycles. The Hall–Kier alpha value is -1.67. The van der Waals surface area contributed by atoms with E-state index in [-0.39, 0.29) is 31.6 Å². The van der Waals surface area contributed by atoms with Crippen molar-refractivity contribution in [1.29, 1.82) is 0 Å². The third-order valence-corrected chi connectivity index (χ3v) is 3.58. The Morgan fingerprint density at radius 3 is 1.66 bits per heavy atom. The van der Waals surface area contributed by atoms with Crippen LogP contribution in [0.1, 0.15) is 12.8 Å². The Balaban J connectivity index is 3.25. The first-order valence-corrected chi connectivity index (χ1v) is 10.8. The summed E-state index contributed by atoms with van der Waals surface area (Å²) in [5.41, 5.74) is 5.28. The van der Waals surface area contributed by atoms with Crippen molar-refractivity contribution in [1.82, 2.24) is 10.6 Å². The molecule has 2 amide bonds. The van der Waals surface area contributed by atoms with E-state index in [1.807, 2.05) is 0 Å². The van der Waals surface area contributed by atoms with Crippen molar-refractivity contribution in [2.75, 3.05) is 98.9 Å². The van der Waals surface area contributed by atoms with Gasteiger partial charge in [-0.25, -0.2) is 0 Å². The lowest BCUT2D eigenvalue weighted by Gasteiger charge is -2.08. The Morgan fingerprint density at radius 2 is 1.09 bits per heavy atom. The highest BCUT2D eigenvalue weighted by Crippen LogP contribution is 1.87. The topological polar surface area (TPSA) is 157 Å². The Bertz CT molecular complexity index is 456. The van der Waals surface area contributed by atoms with Gasteiger partial charge in [-0.05, 0) is 12.8 Å². The fourth-order valence-electron chi connectivity index (χ4n) is 2.12. The van der Waals surface area contributed by atoms with E-state index in [2.05, 4.69) is 10.6 Å². The molecular formula is C20H39N3O9. The second kappa shape index (κ2) is 25.6. The highest BCUT2D eigenvalue weighted by Gasteiger charge is 2.02. The van der Waals surface area contributed by atoms with Gasteiger partial charge in [0.05, 0.1) is 33.0 Å². The van der Waals surface area contributed by atoms with Crippen molar-refractivity contribution in [3.63, 3.8) is 0 Å². The maximum atomic E-state index is 11.6. The number of carbonyl (C=O) groups is 3. The number of nitrogens with two attached hydrogens (primary N) is 1. The molecule has 0 rings (SSSR count). The molecule has 0 aromatic heterocycles. The number of hydrogen-bond acceptors (Lipinski definition) is 10. The van der Waals surface area contributed by atoms with E-state index in [0.717, 1.165) is 0 Å². The van der Waals surface area contributed by atoms with Gasteiger partial charge < -0.3 is 49.6 Å². The quantitative estimate of drug-likeness (QED) is 0.104. The summed E-state index contributed by atoms with van der Waals surface area (Å²) in [6.45, 7) is 5.17. The number of hydrogen-bond donors (Lipinski definition) is 3. The van der Waals surface area contributed by atoms with Crippen LogP contribution >= 0.6 is 0 Å². The Labute approximate surface area is 189 Å². The highest BCUT2D eigenvalue weighted by atomic mass is 16.5. The SMILES string of the molecule is NCCOCCOCC(=O)NCCOCCCOCC(=O)NCCOCCCOCC=O. The number of carbonyl (C=O) groups excluding carboxylic acids is 3. The molecule has 0 heterocycles. The fraction of sp³-hybridized carbons (Fsp3) is 0.850. The molecule has 0 aromatic carbocycles. The molecule has 188 valence electrons. The lowest BCUT2D eigenvalue weighted by Crippen LogP contribution is -2.31. The van der Waals surface area contributed by atoms with Crippen LogP contribution in [0, 0.1) is 0 Å². The van der Waals surface area contributed by atoms with Crippen molar-refractivity contribution in [3.8, 4) is 0 Å². The summed E-state index contributed by atoms with van der Waals surface area (Å²) in [6, 6.07) is 0. The lowest BCUT2D eigenvalue weighted by molar-refractivity contribution is -0.126. The minimum atomic E-state index is -0.212. The van der Waals surface area contributed by atoms with Gasteiger partial charge in [0.25, 0.3) is 0 Å². The van der Waals surface area contributed by atoms with E-state index in [9.17, 15) is 14.4 Å². The third-order valence-electron chi connectivity index (χ3n) is 3.58. The van der Waals surface area contributed by atoms with Crippen molar-refractivity contribution in [3.05, 3.63) is 0 Å². The normalized spacial score (nSPS) is 10.8. The van der Waals surface area contributed by atoms with E-state index in [1.165, 1.54) is 0 Å². The summed E-state index contributed by atoms with van der Waals surface area (Å²) in [4.78, 5) is 33.1. The molecule has 0 atom stereocenters. The minimum Gasteiger partial charge on any atom is -0.380 e. The second-order valence-corrected chi connectivity index (χ2v) is 6.38. The van der Waals surface area contributed by atoms with Gasteiger partial charge in [0.15, 0.2) is 0 Å². The van der Waals surface area contributed by atoms with E-state index >= 15 is 0 Å². The number of nitrogens with one attached hydrogen (secondary N) is 2. The molecule has 0 spiro atoms. The second-order valence-electron chi connectivity index (χ2n) is 6.38. The van der Waals surface area contributed by atoms with Crippen LogP contribution in [0.5, 0.6) is 0 Å². The fourth-order valence-corrected chi connectivity index (χ4v) is 2.12. The molecule has 0 saturated carbocycles. The summed E-state index contributed by atoms with van der Waals surface area (Å²) < 4.78 is 31.2. The van der Waals surface area contributed by atoms with Crippen molar-refractivity contribution < 1.29 is 42.8 Å². The van der Waals surface area contributed by atoms with Crippen LogP contribution in [0.4, 0.5) is 0 Å². The van der Waals surface area contributed by atoms with Crippen LogP contribution in [0.2, 0.25) is 0 Å². The van der Waals surface area contributed by atoms with Crippen LogP contribution in [-0.4, -0.2) is 117 Å². The van der Waals surface area contributed by atoms with E-state index < -0.39 is 0 Å². The average Bonchev–Trinajstić information content (AvgIpc) is 2.79. The van der Waals surface area contributed by atoms with E-state index in [1.54, 1.807) is 0 Å². The molecule has 0 fully saturated rings. The molecule has 0 bridgehead atoms. The smallest absolute Gasteiger partial charge is 0.246 e. The molecular weight excluding hydrogens is 426 g/mol. The average molecular weight is 466 g/mol. The summed E-state index contributed by atoms with van der Waals surface area (Å²) in [7, 11) is 0. The van der Waals surface area contributed by atoms with Gasteiger partial charge in [-0.3, -0.25) is 9.59 Å². The van der Waals surface area contributed by atoms with Crippen LogP contribution < -0.4 is 16.4 Å². The number of aldehydes is 1. The molecule has 32 heavy (non-hydrogen) atoms. The maximum Gasteiger partial charge on any atom is 0.246 e. The molecule has 12 nitrogen and oxygen atoms in total. The first kappa shape index (κ1) is 30.3. The van der Waals surface area contributed by atoms with Gasteiger partial charge >= 0.3 is 0 Å². The largest absolute Gasteiger partial charge is 0.380 e. The maximum absolute atomic E-state index is 11.6. The van der Waals surface area contributed by atoms with Gasteiger partial charge in [-0.1, -0.05) is 0 Å². The molecule has 0 radical (unpaired) electrons. The van der Waals surface area contributed by atoms with Crippen molar-refractivity contribution in [2.24, 2.45) is 5.73 Å². The highest BCUT2D eigenvalue weighted by molar-refractivity contribution is 5.77. The lowest BCUT2D eigenvalue weighted by atomic mass is 10.5. The van der Waals surface area contributed by atoms with Crippen LogP contribution in [0.15, 0.2) is 0 Å². The van der Waals surface area contributed by atoms with Crippen LogP contribution in [0.3, 0.4) is 0 Å². The molecule has 12 heteroatoms. The van der Waals surface area contributed by atoms with Gasteiger partial charge in [0.2, 0.25) is 11.8 Å². The minimum absolute atomic E-state index is 0.0210. The third kappa shape index (κ3) is 24.6. The molecule has 0 saturated heterocycles. The van der Waals surface area contributed by atoms with E-state index in [0.29, 0.717) is 98.2 Å². The summed E-state index contributed by atoms with van der Waals surface area (Å²) in [5.74, 6) is -0.421. The predicted octanol–water partition coefficient (Wildman–Crippen LogP) is -1.74. The van der Waals surface area contributed by atoms with Crippen molar-refractivity contribution >= 4 is 18.1 Å². The summed E-state index contributed by atoms with van der Waals surface area (Å²) in [5, 5.41) is 5.37. The molecule has 4 N–H and O–H groups in total. The summed E-state index contributed by atoms with van der Waals surface area (Å²) in [6.07, 6.45) is 2.04. The molecule has 0 aliphatic heterocycles. The zero-order valence-electron chi connectivity index (χ0n) is 18.8. The molecule has 0 unspecified atom stereocenters. The summed E-state index contributed by atoms with van der Waals surface area (Å²) >= 11 is 0. The zero-order valence-corrected chi connectivity index (χ0v) is 18.8. The predicted molar refractivity (Wildman–Crippen MR) is 115 cm³/mol. The monoisotopic (exact) mass is 465 g/mol. The van der Waals surface area contributed by atoms with Gasteiger partial charge in [0, 0.05) is 46.1 Å². The van der Waals surface area contributed by atoms with Crippen molar-refractivity contribution in [2.45, 2.75) is 12.8 Å². The molecule has 0 aliphatic rings. The molecule has 0 aromatic rings. The standard InChI is InChI=1S/C20H39N3O9/c21-3-11-30-15-16-32-18-20(26)23-5-13-28-8-2-10-31-17-19(25)22-4-12-27-7-1-9-29-14-6-24/h6H,1-5,7-18,21H2,(H,22,25)(H,23,26). The van der Waals surface area contributed by atoms with E-state index in [4.69, 9.17) is 34.2 Å². The van der Waals surface area contributed by atoms with Gasteiger partial charge in [0.1, 0.15) is 26.1 Å². The number of ether oxygens (including phenoxy) is 6. The first-order chi connectivity index (χ1) is 15.7. The Morgan fingerprint density at radius 1 is 0.625 bits per heavy atom. The first-order valence-electron chi connectivity index (χ1n) is 10.8.